The van der Waals surface area contributed by atoms with Crippen molar-refractivity contribution in [1.82, 2.24) is 14.7 Å². The van der Waals surface area contributed by atoms with E-state index in [9.17, 15) is 9.59 Å². The molecule has 2 aromatic carbocycles. The maximum absolute atomic E-state index is 13.9. The van der Waals surface area contributed by atoms with Crippen molar-refractivity contribution in [1.29, 1.82) is 0 Å². The second kappa shape index (κ2) is 13.1. The lowest BCUT2D eigenvalue weighted by Crippen LogP contribution is -2.52. The predicted octanol–water partition coefficient (Wildman–Crippen LogP) is 7.20. The van der Waals surface area contributed by atoms with E-state index in [1.807, 2.05) is 23.1 Å². The number of rotatable bonds is 8. The number of likely N-dealkylation sites (tertiary alicyclic amines) is 3. The zero-order chi connectivity index (χ0) is 29.9. The molecule has 0 radical (unpaired) electrons. The summed E-state index contributed by atoms with van der Waals surface area (Å²) in [5.41, 5.74) is 1.65. The van der Waals surface area contributed by atoms with Crippen LogP contribution in [0.2, 0.25) is 10.0 Å². The maximum atomic E-state index is 13.9. The molecule has 43 heavy (non-hydrogen) atoms. The Morgan fingerprint density at radius 1 is 0.767 bits per heavy atom. The summed E-state index contributed by atoms with van der Waals surface area (Å²) in [6, 6.07) is 19.9. The lowest BCUT2D eigenvalue weighted by Gasteiger charge is -2.45. The van der Waals surface area contributed by atoms with E-state index in [0.717, 1.165) is 95.2 Å². The van der Waals surface area contributed by atoms with Crippen LogP contribution in [0.25, 0.3) is 0 Å². The second-order valence-corrected chi connectivity index (χ2v) is 13.4. The molecule has 3 aliphatic rings. The van der Waals surface area contributed by atoms with Gasteiger partial charge in [0.2, 0.25) is 5.91 Å². The number of furan rings is 1. The Hall–Kier alpha value is -2.80. The third-order valence-electron chi connectivity index (χ3n) is 10.1. The monoisotopic (exact) mass is 621 g/mol. The Kier molecular flexibility index (Phi) is 9.18. The van der Waals surface area contributed by atoms with Crippen LogP contribution in [0.3, 0.4) is 0 Å². The third-order valence-corrected chi connectivity index (χ3v) is 10.8. The summed E-state index contributed by atoms with van der Waals surface area (Å²) in [5.74, 6) is 0.631. The highest BCUT2D eigenvalue weighted by Gasteiger charge is 2.45. The number of carbonyl (C=O) groups excluding carboxylic acids is 2. The third kappa shape index (κ3) is 6.25. The zero-order valence-electron chi connectivity index (χ0n) is 24.8. The average molecular weight is 623 g/mol. The molecule has 4 heterocycles. The van der Waals surface area contributed by atoms with Gasteiger partial charge in [0, 0.05) is 31.6 Å². The normalized spacial score (nSPS) is 22.6. The number of carbonyl (C=O) groups is 2. The molecular weight excluding hydrogens is 581 g/mol. The van der Waals surface area contributed by atoms with E-state index in [0.29, 0.717) is 34.8 Å². The highest BCUT2D eigenvalue weighted by atomic mass is 35.5. The molecule has 6 rings (SSSR count). The molecule has 228 valence electrons. The molecule has 3 aliphatic heterocycles. The maximum Gasteiger partial charge on any atom is 0.289 e. The number of amides is 2. The van der Waals surface area contributed by atoms with E-state index in [-0.39, 0.29) is 11.3 Å². The summed E-state index contributed by atoms with van der Waals surface area (Å²) in [7, 11) is 0. The number of piperidine rings is 2. The number of halogens is 2. The van der Waals surface area contributed by atoms with Gasteiger partial charge in [0.15, 0.2) is 5.76 Å². The van der Waals surface area contributed by atoms with Crippen molar-refractivity contribution in [3.05, 3.63) is 93.9 Å². The molecule has 0 spiro atoms. The Morgan fingerprint density at radius 3 is 2.21 bits per heavy atom. The van der Waals surface area contributed by atoms with Gasteiger partial charge in [-0.3, -0.25) is 9.59 Å². The summed E-state index contributed by atoms with van der Waals surface area (Å²) in [6.45, 7) is 5.85. The molecule has 0 aliphatic carbocycles. The predicted molar refractivity (Wildman–Crippen MR) is 171 cm³/mol. The molecule has 2 amide bonds. The molecule has 0 N–H and O–H groups in total. The molecule has 0 bridgehead atoms. The van der Waals surface area contributed by atoms with E-state index in [2.05, 4.69) is 40.1 Å². The first-order valence-corrected chi connectivity index (χ1v) is 16.5. The van der Waals surface area contributed by atoms with Crippen molar-refractivity contribution in [2.45, 2.75) is 62.2 Å². The van der Waals surface area contributed by atoms with Gasteiger partial charge >= 0.3 is 0 Å². The molecular formula is C35H41Cl2N3O3. The molecule has 3 aromatic rings. The molecule has 1 aromatic heterocycles. The van der Waals surface area contributed by atoms with Crippen LogP contribution >= 0.6 is 23.2 Å². The van der Waals surface area contributed by atoms with E-state index in [4.69, 9.17) is 27.6 Å². The van der Waals surface area contributed by atoms with Gasteiger partial charge in [0.05, 0.1) is 21.7 Å². The summed E-state index contributed by atoms with van der Waals surface area (Å²) < 4.78 is 5.45. The van der Waals surface area contributed by atoms with Gasteiger partial charge in [0.1, 0.15) is 0 Å². The summed E-state index contributed by atoms with van der Waals surface area (Å²) in [6.07, 6.45) is 9.25. The van der Waals surface area contributed by atoms with Crippen LogP contribution in [0.1, 0.15) is 73.0 Å². The fourth-order valence-electron chi connectivity index (χ4n) is 7.68. The van der Waals surface area contributed by atoms with Gasteiger partial charge < -0.3 is 19.1 Å². The highest BCUT2D eigenvalue weighted by Crippen LogP contribution is 2.42. The zero-order valence-corrected chi connectivity index (χ0v) is 26.3. The van der Waals surface area contributed by atoms with Crippen LogP contribution in [0.15, 0.2) is 71.3 Å². The molecule has 8 heteroatoms. The number of benzene rings is 2. The minimum Gasteiger partial charge on any atom is -0.459 e. The standard InChI is InChI=1S/C35H41Cl2N3O3/c36-29-13-12-28(25-30(29)37)34(15-8-21-40(26-34)32(41)31-11-6-24-43-31)14-7-18-38-22-16-35(17-23-38,27-9-2-1-3-10-27)33(42)39-19-4-5-20-39/h1-3,6,9-13,24-25H,4-5,7-8,14-23,26H2. The van der Waals surface area contributed by atoms with E-state index < -0.39 is 5.41 Å². The van der Waals surface area contributed by atoms with Gasteiger partial charge in [-0.1, -0.05) is 59.6 Å². The van der Waals surface area contributed by atoms with E-state index in [1.54, 1.807) is 18.4 Å². The number of nitrogens with zero attached hydrogens (tertiary/aromatic N) is 3. The van der Waals surface area contributed by atoms with Crippen LogP contribution in [-0.2, 0) is 15.6 Å². The summed E-state index contributed by atoms with van der Waals surface area (Å²) in [4.78, 5) is 33.8. The molecule has 1 atom stereocenters. The van der Waals surface area contributed by atoms with Crippen LogP contribution < -0.4 is 0 Å². The molecule has 3 saturated heterocycles. The Morgan fingerprint density at radius 2 is 1.51 bits per heavy atom. The minimum absolute atomic E-state index is 0.0647. The van der Waals surface area contributed by atoms with Crippen molar-refractivity contribution in [2.75, 3.05) is 45.8 Å². The Bertz CT molecular complexity index is 1400. The van der Waals surface area contributed by atoms with Crippen LogP contribution in [0, 0.1) is 0 Å². The van der Waals surface area contributed by atoms with E-state index >= 15 is 0 Å². The van der Waals surface area contributed by atoms with Crippen molar-refractivity contribution < 1.29 is 14.0 Å². The highest BCUT2D eigenvalue weighted by molar-refractivity contribution is 6.42. The van der Waals surface area contributed by atoms with Gasteiger partial charge in [0.25, 0.3) is 5.91 Å². The SMILES string of the molecule is O=C(c1ccco1)N1CCCC(CCCN2CCC(C(=O)N3CCCC3)(c3ccccc3)CC2)(c2ccc(Cl)c(Cl)c2)C1. The van der Waals surface area contributed by atoms with Gasteiger partial charge in [-0.05, 0) is 106 Å². The van der Waals surface area contributed by atoms with Gasteiger partial charge in [-0.15, -0.1) is 0 Å². The molecule has 0 saturated carbocycles. The summed E-state index contributed by atoms with van der Waals surface area (Å²) >= 11 is 12.8. The number of hydrogen-bond donors (Lipinski definition) is 0. The van der Waals surface area contributed by atoms with Crippen molar-refractivity contribution >= 4 is 35.0 Å². The summed E-state index contributed by atoms with van der Waals surface area (Å²) in [5, 5.41) is 1.09. The smallest absolute Gasteiger partial charge is 0.289 e. The van der Waals surface area contributed by atoms with Crippen LogP contribution in [0.4, 0.5) is 0 Å². The van der Waals surface area contributed by atoms with Gasteiger partial charge in [-0.25, -0.2) is 0 Å². The first-order chi connectivity index (χ1) is 20.9. The van der Waals surface area contributed by atoms with E-state index in [1.165, 1.54) is 0 Å². The Labute approximate surface area is 264 Å². The quantitative estimate of drug-likeness (QED) is 0.267. The van der Waals surface area contributed by atoms with Gasteiger partial charge in [-0.2, -0.15) is 0 Å². The lowest BCUT2D eigenvalue weighted by atomic mass is 9.70. The Balaban J connectivity index is 1.15. The molecule has 6 nitrogen and oxygen atoms in total. The van der Waals surface area contributed by atoms with Crippen molar-refractivity contribution in [2.24, 2.45) is 0 Å². The minimum atomic E-state index is -0.431. The lowest BCUT2D eigenvalue weighted by molar-refractivity contribution is -0.138. The van der Waals surface area contributed by atoms with Crippen LogP contribution in [-0.4, -0.2) is 72.3 Å². The van der Waals surface area contributed by atoms with Crippen molar-refractivity contribution in [3.63, 3.8) is 0 Å². The largest absolute Gasteiger partial charge is 0.459 e. The van der Waals surface area contributed by atoms with Crippen LogP contribution in [0.5, 0.6) is 0 Å². The first kappa shape index (κ1) is 30.2. The fourth-order valence-corrected chi connectivity index (χ4v) is 7.97. The second-order valence-electron chi connectivity index (χ2n) is 12.6. The fraction of sp³-hybridized carbons (Fsp3) is 0.486. The molecule has 1 unspecified atom stereocenters. The topological polar surface area (TPSA) is 57.0 Å². The first-order valence-electron chi connectivity index (χ1n) is 15.8. The average Bonchev–Trinajstić information content (AvgIpc) is 3.78. The van der Waals surface area contributed by atoms with Crippen molar-refractivity contribution in [3.8, 4) is 0 Å². The molecule has 3 fully saturated rings. The number of hydrogen-bond acceptors (Lipinski definition) is 4.